The molecule has 2 aromatic rings. The van der Waals surface area contributed by atoms with Crippen molar-refractivity contribution in [2.75, 3.05) is 18.5 Å². The molecular weight excluding hydrogens is 434 g/mol. The summed E-state index contributed by atoms with van der Waals surface area (Å²) in [4.78, 5) is 24.2. The van der Waals surface area contributed by atoms with E-state index in [0.717, 1.165) is 24.5 Å². The molecular formula is C21H19Cl2FN2O4. The molecule has 0 aliphatic heterocycles. The smallest absolute Gasteiger partial charge is 0.411 e. The van der Waals surface area contributed by atoms with Crippen molar-refractivity contribution in [3.05, 3.63) is 57.8 Å². The van der Waals surface area contributed by atoms with Crippen molar-refractivity contribution in [1.82, 2.24) is 5.32 Å². The van der Waals surface area contributed by atoms with Crippen molar-refractivity contribution < 1.29 is 23.5 Å². The predicted octanol–water partition coefficient (Wildman–Crippen LogP) is 4.72. The van der Waals surface area contributed by atoms with Crippen LogP contribution in [0.25, 0.3) is 0 Å². The molecule has 2 aliphatic rings. The molecule has 0 atom stereocenters. The summed E-state index contributed by atoms with van der Waals surface area (Å²) >= 11 is 11.6. The summed E-state index contributed by atoms with van der Waals surface area (Å²) in [5.74, 6) is -0.702. The van der Waals surface area contributed by atoms with Crippen LogP contribution < -0.4 is 15.4 Å². The molecule has 2 amide bonds. The van der Waals surface area contributed by atoms with E-state index in [1.165, 1.54) is 12.1 Å². The lowest BCUT2D eigenvalue weighted by Crippen LogP contribution is -2.35. The molecule has 2 N–H and O–H groups in total. The summed E-state index contributed by atoms with van der Waals surface area (Å²) < 4.78 is 24.0. The maximum atomic E-state index is 13.4. The first-order valence-electron chi connectivity index (χ1n) is 9.31. The second kappa shape index (κ2) is 7.63. The number of amides is 2. The van der Waals surface area contributed by atoms with Crippen LogP contribution in [-0.4, -0.2) is 30.8 Å². The number of halogens is 3. The van der Waals surface area contributed by atoms with E-state index >= 15 is 0 Å². The Labute approximate surface area is 182 Å². The van der Waals surface area contributed by atoms with Gasteiger partial charge in [0, 0.05) is 22.2 Å². The summed E-state index contributed by atoms with van der Waals surface area (Å²) in [5.41, 5.74) is 0.905. The second-order valence-corrected chi connectivity index (χ2v) is 8.61. The summed E-state index contributed by atoms with van der Waals surface area (Å²) in [6.45, 7) is 1.82. The normalized spacial score (nSPS) is 23.2. The Kier molecular flexibility index (Phi) is 5.28. The Balaban J connectivity index is 1.20. The molecule has 0 bridgehead atoms. The average Bonchev–Trinajstić information content (AvgIpc) is 3.50. The van der Waals surface area contributed by atoms with Gasteiger partial charge in [-0.2, -0.15) is 0 Å². The maximum absolute atomic E-state index is 13.4. The molecule has 0 aromatic heterocycles. The van der Waals surface area contributed by atoms with Crippen LogP contribution in [0.15, 0.2) is 36.4 Å². The van der Waals surface area contributed by atoms with Crippen LogP contribution in [0.1, 0.15) is 18.4 Å². The van der Waals surface area contributed by atoms with Crippen molar-refractivity contribution in [1.29, 1.82) is 0 Å². The fraction of sp³-hybridized carbons (Fsp3) is 0.333. The number of hydrogen-bond acceptors (Lipinski definition) is 4. The molecule has 0 spiro atoms. The number of carbonyl (C=O) groups is 2. The van der Waals surface area contributed by atoms with E-state index in [-0.39, 0.29) is 40.8 Å². The fourth-order valence-corrected chi connectivity index (χ4v) is 3.81. The second-order valence-electron chi connectivity index (χ2n) is 7.79. The first kappa shape index (κ1) is 20.8. The molecule has 9 heteroatoms. The molecule has 0 unspecified atom stereocenters. The quantitative estimate of drug-likeness (QED) is 0.637. The van der Waals surface area contributed by atoms with Gasteiger partial charge in [-0.15, -0.1) is 0 Å². The lowest BCUT2D eigenvalue weighted by molar-refractivity contribution is -0.123. The summed E-state index contributed by atoms with van der Waals surface area (Å²) in [5, 5.41) is 6.19. The number of nitrogens with one attached hydrogen (secondary N) is 2. The van der Waals surface area contributed by atoms with E-state index in [1.807, 2.05) is 6.92 Å². The van der Waals surface area contributed by atoms with Gasteiger partial charge in [0.15, 0.2) is 6.61 Å². The van der Waals surface area contributed by atoms with E-state index in [9.17, 15) is 14.0 Å². The van der Waals surface area contributed by atoms with Crippen molar-refractivity contribution in [2.45, 2.75) is 25.3 Å². The third-order valence-corrected chi connectivity index (χ3v) is 6.30. The highest BCUT2D eigenvalue weighted by atomic mass is 35.5. The van der Waals surface area contributed by atoms with Gasteiger partial charge in [-0.1, -0.05) is 23.2 Å². The van der Waals surface area contributed by atoms with Gasteiger partial charge in [-0.05, 0) is 55.7 Å². The van der Waals surface area contributed by atoms with Crippen LogP contribution in [0.4, 0.5) is 14.9 Å². The van der Waals surface area contributed by atoms with Crippen LogP contribution in [0, 0.1) is 18.2 Å². The van der Waals surface area contributed by atoms with Crippen molar-refractivity contribution in [2.24, 2.45) is 5.41 Å². The van der Waals surface area contributed by atoms with Gasteiger partial charge in [0.05, 0.1) is 10.6 Å². The number of rotatable bonds is 7. The Bertz CT molecular complexity index is 1020. The zero-order valence-electron chi connectivity index (χ0n) is 16.1. The molecule has 2 aliphatic carbocycles. The van der Waals surface area contributed by atoms with E-state index in [0.29, 0.717) is 10.7 Å². The average molecular weight is 453 g/mol. The maximum Gasteiger partial charge on any atom is 0.411 e. The van der Waals surface area contributed by atoms with Gasteiger partial charge in [0.25, 0.3) is 5.91 Å². The van der Waals surface area contributed by atoms with Gasteiger partial charge in [-0.25, -0.2) is 9.18 Å². The van der Waals surface area contributed by atoms with Gasteiger partial charge in [0.1, 0.15) is 18.2 Å². The Morgan fingerprint density at radius 3 is 2.57 bits per heavy atom. The largest absolute Gasteiger partial charge is 0.484 e. The van der Waals surface area contributed by atoms with E-state index in [4.69, 9.17) is 32.7 Å². The Morgan fingerprint density at radius 2 is 1.87 bits per heavy atom. The molecule has 158 valence electrons. The summed E-state index contributed by atoms with van der Waals surface area (Å²) in [6, 6.07) is 9.13. The number of fused-ring (bicyclic) bond motifs is 1. The number of hydrogen-bond donors (Lipinski definition) is 2. The van der Waals surface area contributed by atoms with E-state index in [2.05, 4.69) is 10.6 Å². The third kappa shape index (κ3) is 4.18. The minimum absolute atomic E-state index is 0.0123. The first-order valence-corrected chi connectivity index (χ1v) is 10.1. The van der Waals surface area contributed by atoms with Gasteiger partial charge in [-0.3, -0.25) is 10.1 Å². The van der Waals surface area contributed by atoms with Crippen molar-refractivity contribution in [3.8, 4) is 5.75 Å². The lowest BCUT2D eigenvalue weighted by atomic mass is 10.2. The molecule has 0 heterocycles. The van der Waals surface area contributed by atoms with Gasteiger partial charge in [0.2, 0.25) is 0 Å². The minimum atomic E-state index is -0.610. The standard InChI is InChI=1S/C21H19Cl2FN2O4/c1-12-6-13(2-4-15(12)22)25-19(28)30-11-20-9-21(20,10-20)26-18(27)8-29-14-3-5-16(23)17(24)7-14/h2-7H,8-11H2,1H3,(H,25,28)(H,26,27). The van der Waals surface area contributed by atoms with Gasteiger partial charge >= 0.3 is 6.09 Å². The number of carbonyl (C=O) groups excluding carboxylic acids is 2. The van der Waals surface area contributed by atoms with Crippen LogP contribution in [0.2, 0.25) is 10.0 Å². The molecule has 0 saturated heterocycles. The highest BCUT2D eigenvalue weighted by molar-refractivity contribution is 6.31. The zero-order chi connectivity index (χ0) is 21.5. The first-order chi connectivity index (χ1) is 14.2. The molecule has 4 rings (SSSR count). The number of anilines is 1. The SMILES string of the molecule is Cc1cc(NC(=O)OCC23CC2(NC(=O)COc2ccc(Cl)c(F)c2)C3)ccc1Cl. The molecule has 2 aromatic carbocycles. The Hall–Kier alpha value is -2.51. The highest BCUT2D eigenvalue weighted by Crippen LogP contribution is 2.78. The topological polar surface area (TPSA) is 76.7 Å². The Morgan fingerprint density at radius 1 is 1.13 bits per heavy atom. The van der Waals surface area contributed by atoms with Crippen molar-refractivity contribution in [3.63, 3.8) is 0 Å². The third-order valence-electron chi connectivity index (χ3n) is 5.57. The zero-order valence-corrected chi connectivity index (χ0v) is 17.6. The molecule has 30 heavy (non-hydrogen) atoms. The highest BCUT2D eigenvalue weighted by Gasteiger charge is 2.84. The van der Waals surface area contributed by atoms with Crippen LogP contribution in [0.3, 0.4) is 0 Å². The number of benzene rings is 2. The fourth-order valence-electron chi connectivity index (χ4n) is 3.57. The van der Waals surface area contributed by atoms with Crippen LogP contribution in [-0.2, 0) is 9.53 Å². The summed E-state index contributed by atoms with van der Waals surface area (Å²) in [6.07, 6.45) is 0.932. The number of aryl methyl sites for hydroxylation is 1. The predicted molar refractivity (Wildman–Crippen MR) is 111 cm³/mol. The van der Waals surface area contributed by atoms with E-state index in [1.54, 1.807) is 18.2 Å². The van der Waals surface area contributed by atoms with Crippen LogP contribution in [0.5, 0.6) is 5.75 Å². The molecule has 2 fully saturated rings. The molecule has 6 nitrogen and oxygen atoms in total. The lowest BCUT2D eigenvalue weighted by Gasteiger charge is -2.09. The van der Waals surface area contributed by atoms with Crippen molar-refractivity contribution >= 4 is 40.9 Å². The molecule has 2 saturated carbocycles. The molecule has 0 radical (unpaired) electrons. The minimum Gasteiger partial charge on any atom is -0.484 e. The summed E-state index contributed by atoms with van der Waals surface area (Å²) in [7, 11) is 0. The monoisotopic (exact) mass is 452 g/mol. The van der Waals surface area contributed by atoms with Gasteiger partial charge < -0.3 is 14.8 Å². The van der Waals surface area contributed by atoms with E-state index < -0.39 is 11.9 Å². The van der Waals surface area contributed by atoms with Crippen LogP contribution >= 0.6 is 23.2 Å². The number of ether oxygens (including phenoxy) is 2.